The average Bonchev–Trinajstić information content (AvgIpc) is 2.74. The van der Waals surface area contributed by atoms with E-state index in [2.05, 4.69) is 10.3 Å². The maximum atomic E-state index is 11.1. The lowest BCUT2D eigenvalue weighted by Crippen LogP contribution is -2.14. The number of hydrogen-bond donors (Lipinski definition) is 3. The topological polar surface area (TPSA) is 107 Å². The Morgan fingerprint density at radius 1 is 1.50 bits per heavy atom. The van der Waals surface area contributed by atoms with Crippen LogP contribution in [0.25, 0.3) is 0 Å². The average molecular weight is 246 g/mol. The summed E-state index contributed by atoms with van der Waals surface area (Å²) < 4.78 is 5.32. The van der Waals surface area contributed by atoms with E-state index < -0.39 is 5.91 Å². The summed E-state index contributed by atoms with van der Waals surface area (Å²) in [6.45, 7) is 2.25. The number of aryl methyl sites for hydroxylation is 1. The quantitative estimate of drug-likeness (QED) is 0.704. The van der Waals surface area contributed by atoms with Crippen molar-refractivity contribution in [3.05, 3.63) is 41.6 Å². The predicted octanol–water partition coefficient (Wildman–Crippen LogP) is 1.28. The zero-order valence-electron chi connectivity index (χ0n) is 9.93. The number of amides is 1. The van der Waals surface area contributed by atoms with Gasteiger partial charge in [-0.25, -0.2) is 4.98 Å². The zero-order valence-corrected chi connectivity index (χ0v) is 9.93. The largest absolute Gasteiger partial charge is 0.444 e. The lowest BCUT2D eigenvalue weighted by atomic mass is 10.1. The van der Waals surface area contributed by atoms with Crippen LogP contribution in [0.2, 0.25) is 0 Å². The molecule has 6 heteroatoms. The first-order valence-electron chi connectivity index (χ1n) is 5.41. The lowest BCUT2D eigenvalue weighted by molar-refractivity contribution is 0.100. The van der Waals surface area contributed by atoms with Gasteiger partial charge in [0.15, 0.2) is 0 Å². The Hall–Kier alpha value is -2.50. The number of nitrogens with zero attached hydrogens (tertiary/aromatic N) is 1. The second kappa shape index (κ2) is 4.79. The van der Waals surface area contributed by atoms with Gasteiger partial charge in [-0.1, -0.05) is 0 Å². The Morgan fingerprint density at radius 2 is 2.28 bits per heavy atom. The molecule has 0 bridgehead atoms. The molecule has 1 heterocycles. The second-order valence-corrected chi connectivity index (χ2v) is 3.88. The third kappa shape index (κ3) is 2.60. The molecule has 0 aliphatic carbocycles. The van der Waals surface area contributed by atoms with Crippen LogP contribution < -0.4 is 16.8 Å². The number of rotatable bonds is 4. The van der Waals surface area contributed by atoms with E-state index in [1.54, 1.807) is 24.4 Å². The lowest BCUT2D eigenvalue weighted by Gasteiger charge is -2.07. The highest BCUT2D eigenvalue weighted by Gasteiger charge is 2.07. The molecule has 0 saturated heterocycles. The number of aromatic nitrogens is 1. The molecule has 0 fully saturated rings. The number of primary amides is 1. The maximum Gasteiger partial charge on any atom is 0.250 e. The van der Waals surface area contributed by atoms with Crippen LogP contribution in [-0.2, 0) is 6.54 Å². The third-order valence-corrected chi connectivity index (χ3v) is 2.43. The summed E-state index contributed by atoms with van der Waals surface area (Å²) in [6.07, 6.45) is 1.65. The Kier molecular flexibility index (Phi) is 3.18. The molecule has 0 unspecified atom stereocenters. The molecule has 0 radical (unpaired) electrons. The fourth-order valence-corrected chi connectivity index (χ4v) is 1.54. The first-order chi connectivity index (χ1) is 8.56. The molecular weight excluding hydrogens is 232 g/mol. The maximum absolute atomic E-state index is 11.1. The van der Waals surface area contributed by atoms with Gasteiger partial charge in [-0.05, 0) is 25.1 Å². The molecule has 0 aliphatic heterocycles. The van der Waals surface area contributed by atoms with Crippen LogP contribution in [0, 0.1) is 6.92 Å². The van der Waals surface area contributed by atoms with Crippen LogP contribution in [-0.4, -0.2) is 10.9 Å². The van der Waals surface area contributed by atoms with E-state index >= 15 is 0 Å². The van der Waals surface area contributed by atoms with Gasteiger partial charge in [0, 0.05) is 11.4 Å². The number of carbonyl (C=O) groups excluding carboxylic acids is 1. The minimum atomic E-state index is -0.553. The van der Waals surface area contributed by atoms with Gasteiger partial charge < -0.3 is 21.2 Å². The molecule has 1 amide bonds. The molecule has 2 rings (SSSR count). The predicted molar refractivity (Wildman–Crippen MR) is 67.9 cm³/mol. The Labute approximate surface area is 104 Å². The van der Waals surface area contributed by atoms with Crippen molar-refractivity contribution in [3.8, 4) is 0 Å². The minimum Gasteiger partial charge on any atom is -0.444 e. The molecule has 5 N–H and O–H groups in total. The van der Waals surface area contributed by atoms with Crippen molar-refractivity contribution in [2.75, 3.05) is 11.1 Å². The van der Waals surface area contributed by atoms with E-state index in [1.165, 1.54) is 0 Å². The standard InChI is InChI=1S/C12H14N4O2/c1-7-5-16-11(18-7)6-15-8-2-3-10(13)9(4-8)12(14)17/h2-5,15H,6,13H2,1H3,(H2,14,17). The molecule has 0 saturated carbocycles. The molecule has 1 aromatic carbocycles. The highest BCUT2D eigenvalue weighted by Crippen LogP contribution is 2.18. The van der Waals surface area contributed by atoms with E-state index in [1.807, 2.05) is 6.92 Å². The molecule has 0 atom stereocenters. The van der Waals surface area contributed by atoms with Crippen LogP contribution in [0.1, 0.15) is 22.0 Å². The minimum absolute atomic E-state index is 0.295. The summed E-state index contributed by atoms with van der Waals surface area (Å²) >= 11 is 0. The number of hydrogen-bond acceptors (Lipinski definition) is 5. The van der Waals surface area contributed by atoms with Crippen molar-refractivity contribution in [1.82, 2.24) is 4.98 Å². The Bertz CT molecular complexity index is 577. The smallest absolute Gasteiger partial charge is 0.250 e. The molecule has 1 aromatic heterocycles. The molecule has 18 heavy (non-hydrogen) atoms. The van der Waals surface area contributed by atoms with Crippen LogP contribution in [0.4, 0.5) is 11.4 Å². The van der Waals surface area contributed by atoms with E-state index in [4.69, 9.17) is 15.9 Å². The van der Waals surface area contributed by atoms with Gasteiger partial charge in [-0.15, -0.1) is 0 Å². The van der Waals surface area contributed by atoms with E-state index in [9.17, 15) is 4.79 Å². The number of nitrogens with one attached hydrogen (secondary N) is 1. The van der Waals surface area contributed by atoms with Gasteiger partial charge in [0.25, 0.3) is 5.91 Å². The first kappa shape index (κ1) is 12.0. The van der Waals surface area contributed by atoms with Crippen molar-refractivity contribution in [1.29, 1.82) is 0 Å². The Balaban J connectivity index is 2.10. The summed E-state index contributed by atoms with van der Waals surface area (Å²) in [7, 11) is 0. The van der Waals surface area contributed by atoms with Crippen LogP contribution in [0.15, 0.2) is 28.8 Å². The summed E-state index contributed by atoms with van der Waals surface area (Å²) in [5.41, 5.74) is 12.2. The summed E-state index contributed by atoms with van der Waals surface area (Å²) in [4.78, 5) is 15.2. The van der Waals surface area contributed by atoms with E-state index in [0.717, 1.165) is 11.4 Å². The number of carbonyl (C=O) groups is 1. The van der Waals surface area contributed by atoms with Crippen molar-refractivity contribution in [2.24, 2.45) is 5.73 Å². The Morgan fingerprint density at radius 3 is 2.89 bits per heavy atom. The van der Waals surface area contributed by atoms with E-state index in [0.29, 0.717) is 23.7 Å². The number of nitrogens with two attached hydrogens (primary N) is 2. The van der Waals surface area contributed by atoms with Crippen LogP contribution in [0.3, 0.4) is 0 Å². The van der Waals surface area contributed by atoms with Crippen LogP contribution >= 0.6 is 0 Å². The molecule has 94 valence electrons. The number of nitrogen functional groups attached to an aromatic ring is 1. The first-order valence-corrected chi connectivity index (χ1v) is 5.41. The van der Waals surface area contributed by atoms with Crippen molar-refractivity contribution in [2.45, 2.75) is 13.5 Å². The summed E-state index contributed by atoms with van der Waals surface area (Å²) in [5, 5.41) is 3.08. The van der Waals surface area contributed by atoms with Gasteiger partial charge >= 0.3 is 0 Å². The summed E-state index contributed by atoms with van der Waals surface area (Å²) in [5.74, 6) is 0.773. The SMILES string of the molecule is Cc1cnc(CNc2ccc(N)c(C(N)=O)c2)o1. The van der Waals surface area contributed by atoms with E-state index in [-0.39, 0.29) is 0 Å². The van der Waals surface area contributed by atoms with Gasteiger partial charge in [-0.3, -0.25) is 4.79 Å². The normalized spacial score (nSPS) is 10.3. The number of benzene rings is 1. The fourth-order valence-electron chi connectivity index (χ4n) is 1.54. The molecule has 0 aliphatic rings. The van der Waals surface area contributed by atoms with Crippen molar-refractivity contribution >= 4 is 17.3 Å². The molecule has 0 spiro atoms. The second-order valence-electron chi connectivity index (χ2n) is 3.88. The highest BCUT2D eigenvalue weighted by atomic mass is 16.4. The zero-order chi connectivity index (χ0) is 13.1. The number of anilines is 2. The summed E-state index contributed by atoms with van der Waals surface area (Å²) in [6, 6.07) is 4.99. The molecule has 2 aromatic rings. The van der Waals surface area contributed by atoms with Gasteiger partial charge in [0.1, 0.15) is 5.76 Å². The van der Waals surface area contributed by atoms with Gasteiger partial charge in [-0.2, -0.15) is 0 Å². The van der Waals surface area contributed by atoms with Crippen LogP contribution in [0.5, 0.6) is 0 Å². The number of oxazole rings is 1. The monoisotopic (exact) mass is 246 g/mol. The van der Waals surface area contributed by atoms with Gasteiger partial charge in [0.05, 0.1) is 18.3 Å². The van der Waals surface area contributed by atoms with Gasteiger partial charge in [0.2, 0.25) is 5.89 Å². The molecule has 6 nitrogen and oxygen atoms in total. The molecular formula is C12H14N4O2. The fraction of sp³-hybridized carbons (Fsp3) is 0.167. The van der Waals surface area contributed by atoms with Crippen molar-refractivity contribution in [3.63, 3.8) is 0 Å². The highest BCUT2D eigenvalue weighted by molar-refractivity contribution is 5.98. The third-order valence-electron chi connectivity index (χ3n) is 2.43. The van der Waals surface area contributed by atoms with Crippen molar-refractivity contribution < 1.29 is 9.21 Å².